The van der Waals surface area contributed by atoms with Gasteiger partial charge < -0.3 is 11.5 Å². The highest BCUT2D eigenvalue weighted by atomic mass is 16.2. The van der Waals surface area contributed by atoms with Gasteiger partial charge in [0.15, 0.2) is 0 Å². The van der Waals surface area contributed by atoms with Crippen LogP contribution in [0.2, 0.25) is 0 Å². The summed E-state index contributed by atoms with van der Waals surface area (Å²) in [5.74, 6) is -1.39. The number of carbonyl (C=O) groups excluding carboxylic acids is 2. The summed E-state index contributed by atoms with van der Waals surface area (Å²) in [6, 6.07) is 7.71. The maximum atomic E-state index is 11.3. The summed E-state index contributed by atoms with van der Waals surface area (Å²) in [6.45, 7) is 1.98. The average molecular weight is 218 g/mol. The fourth-order valence-corrected chi connectivity index (χ4v) is 2.13. The highest BCUT2D eigenvalue weighted by Crippen LogP contribution is 2.58. The monoisotopic (exact) mass is 218 g/mol. The van der Waals surface area contributed by atoms with Crippen molar-refractivity contribution in [3.8, 4) is 0 Å². The minimum absolute atomic E-state index is 0.150. The van der Waals surface area contributed by atoms with E-state index in [9.17, 15) is 9.59 Å². The zero-order valence-electron chi connectivity index (χ0n) is 9.07. The van der Waals surface area contributed by atoms with Gasteiger partial charge >= 0.3 is 0 Å². The predicted octanol–water partition coefficient (Wildman–Crippen LogP) is 0.439. The van der Waals surface area contributed by atoms with Gasteiger partial charge in [0.05, 0.1) is 0 Å². The van der Waals surface area contributed by atoms with Crippen molar-refractivity contribution in [3.05, 3.63) is 35.4 Å². The Hall–Kier alpha value is -1.84. The maximum Gasteiger partial charge on any atom is 0.233 e. The van der Waals surface area contributed by atoms with E-state index in [0.717, 1.165) is 11.1 Å². The van der Waals surface area contributed by atoms with Crippen LogP contribution in [0.3, 0.4) is 0 Å². The molecule has 2 amide bonds. The second kappa shape index (κ2) is 3.33. The van der Waals surface area contributed by atoms with Gasteiger partial charge in [-0.15, -0.1) is 0 Å². The van der Waals surface area contributed by atoms with Gasteiger partial charge in [-0.05, 0) is 18.9 Å². The fraction of sp³-hybridized carbons (Fsp3) is 0.333. The van der Waals surface area contributed by atoms with E-state index in [1.54, 1.807) is 0 Å². The first-order chi connectivity index (χ1) is 7.48. The van der Waals surface area contributed by atoms with Gasteiger partial charge in [0.2, 0.25) is 11.8 Å². The molecule has 0 bridgehead atoms. The minimum Gasteiger partial charge on any atom is -0.369 e. The number of primary amides is 2. The maximum absolute atomic E-state index is 11.3. The smallest absolute Gasteiger partial charge is 0.233 e. The molecule has 4 nitrogen and oxygen atoms in total. The summed E-state index contributed by atoms with van der Waals surface area (Å²) in [6.07, 6.45) is 0.431. The number of rotatable bonds is 3. The molecule has 0 aliphatic heterocycles. The Labute approximate surface area is 93.6 Å². The average Bonchev–Trinajstić information content (AvgIpc) is 2.95. The lowest BCUT2D eigenvalue weighted by molar-refractivity contribution is -0.133. The molecule has 1 fully saturated rings. The van der Waals surface area contributed by atoms with E-state index in [2.05, 4.69) is 0 Å². The molecule has 1 atom stereocenters. The summed E-state index contributed by atoms with van der Waals surface area (Å²) in [4.78, 5) is 22.6. The second-order valence-electron chi connectivity index (χ2n) is 4.37. The lowest BCUT2D eigenvalue weighted by Gasteiger charge is -2.08. The van der Waals surface area contributed by atoms with Gasteiger partial charge in [0, 0.05) is 5.92 Å². The third kappa shape index (κ3) is 1.38. The normalized spacial score (nSPS) is 21.4. The van der Waals surface area contributed by atoms with E-state index >= 15 is 0 Å². The Morgan fingerprint density at radius 1 is 1.19 bits per heavy atom. The van der Waals surface area contributed by atoms with Crippen LogP contribution < -0.4 is 11.5 Å². The van der Waals surface area contributed by atoms with Crippen LogP contribution >= 0.6 is 0 Å². The van der Waals surface area contributed by atoms with E-state index in [-0.39, 0.29) is 5.92 Å². The Balaban J connectivity index is 2.30. The standard InChI is InChI=1S/C12H14N2O2/c1-7-2-4-8(5-3-7)9-6-12(9,10(13)15)11(14)16/h2-5,9H,6H2,1H3,(H2,13,15)(H2,14,16). The van der Waals surface area contributed by atoms with E-state index < -0.39 is 17.2 Å². The lowest BCUT2D eigenvalue weighted by Crippen LogP contribution is -2.38. The molecule has 1 unspecified atom stereocenters. The zero-order chi connectivity index (χ0) is 11.9. The molecule has 0 saturated heterocycles. The summed E-state index contributed by atoms with van der Waals surface area (Å²) >= 11 is 0. The minimum atomic E-state index is -1.16. The fourth-order valence-electron chi connectivity index (χ4n) is 2.13. The van der Waals surface area contributed by atoms with Crippen molar-refractivity contribution in [2.75, 3.05) is 0 Å². The summed E-state index contributed by atoms with van der Waals surface area (Å²) in [5.41, 5.74) is 11.4. The first kappa shape index (κ1) is 10.7. The third-order valence-electron chi connectivity index (χ3n) is 3.32. The van der Waals surface area contributed by atoms with Gasteiger partial charge in [-0.3, -0.25) is 9.59 Å². The Bertz CT molecular complexity index is 437. The molecule has 4 heteroatoms. The van der Waals surface area contributed by atoms with Crippen molar-refractivity contribution in [1.82, 2.24) is 0 Å². The number of nitrogens with two attached hydrogens (primary N) is 2. The van der Waals surface area contributed by atoms with Crippen LogP contribution in [0.25, 0.3) is 0 Å². The summed E-state index contributed by atoms with van der Waals surface area (Å²) < 4.78 is 0. The van der Waals surface area contributed by atoms with Crippen molar-refractivity contribution < 1.29 is 9.59 Å². The highest BCUT2D eigenvalue weighted by Gasteiger charge is 2.64. The molecule has 1 aliphatic rings. The van der Waals surface area contributed by atoms with Crippen LogP contribution in [-0.4, -0.2) is 11.8 Å². The summed E-state index contributed by atoms with van der Waals surface area (Å²) in [5, 5.41) is 0. The number of hydrogen-bond donors (Lipinski definition) is 2. The van der Waals surface area contributed by atoms with Crippen LogP contribution in [0, 0.1) is 12.3 Å². The number of amides is 2. The molecular formula is C12H14N2O2. The van der Waals surface area contributed by atoms with Crippen LogP contribution in [-0.2, 0) is 9.59 Å². The van der Waals surface area contributed by atoms with E-state index in [0.29, 0.717) is 6.42 Å². The zero-order valence-corrected chi connectivity index (χ0v) is 9.07. The largest absolute Gasteiger partial charge is 0.369 e. The van der Waals surface area contributed by atoms with Crippen LogP contribution in [0.5, 0.6) is 0 Å². The van der Waals surface area contributed by atoms with Crippen molar-refractivity contribution >= 4 is 11.8 Å². The van der Waals surface area contributed by atoms with Crippen molar-refractivity contribution in [2.45, 2.75) is 19.3 Å². The molecule has 16 heavy (non-hydrogen) atoms. The molecule has 4 N–H and O–H groups in total. The van der Waals surface area contributed by atoms with Crippen LogP contribution in [0.1, 0.15) is 23.5 Å². The molecule has 0 heterocycles. The molecule has 84 valence electrons. The van der Waals surface area contributed by atoms with Crippen LogP contribution in [0.4, 0.5) is 0 Å². The molecule has 1 aliphatic carbocycles. The van der Waals surface area contributed by atoms with Crippen molar-refractivity contribution in [3.63, 3.8) is 0 Å². The SMILES string of the molecule is Cc1ccc(C2CC2(C(N)=O)C(N)=O)cc1. The molecule has 0 aromatic heterocycles. The number of hydrogen-bond acceptors (Lipinski definition) is 2. The van der Waals surface area contributed by atoms with Crippen molar-refractivity contribution in [1.29, 1.82) is 0 Å². The third-order valence-corrected chi connectivity index (χ3v) is 3.32. The highest BCUT2D eigenvalue weighted by molar-refractivity contribution is 6.08. The molecular weight excluding hydrogens is 204 g/mol. The van der Waals surface area contributed by atoms with E-state index in [4.69, 9.17) is 11.5 Å². The van der Waals surface area contributed by atoms with Gasteiger partial charge in [-0.1, -0.05) is 29.8 Å². The lowest BCUT2D eigenvalue weighted by atomic mass is 9.97. The first-order valence-corrected chi connectivity index (χ1v) is 5.15. The van der Waals surface area contributed by atoms with E-state index in [1.807, 2.05) is 31.2 Å². The molecule has 2 rings (SSSR count). The first-order valence-electron chi connectivity index (χ1n) is 5.15. The molecule has 1 saturated carbocycles. The number of benzene rings is 1. The van der Waals surface area contributed by atoms with E-state index in [1.165, 1.54) is 0 Å². The van der Waals surface area contributed by atoms with Crippen LogP contribution in [0.15, 0.2) is 24.3 Å². The molecule has 0 spiro atoms. The topological polar surface area (TPSA) is 86.2 Å². The van der Waals surface area contributed by atoms with Gasteiger partial charge in [0.25, 0.3) is 0 Å². The number of carbonyl (C=O) groups is 2. The predicted molar refractivity (Wildman–Crippen MR) is 59.4 cm³/mol. The number of aryl methyl sites for hydroxylation is 1. The van der Waals surface area contributed by atoms with Gasteiger partial charge in [-0.2, -0.15) is 0 Å². The molecule has 0 radical (unpaired) electrons. The van der Waals surface area contributed by atoms with Gasteiger partial charge in [-0.25, -0.2) is 0 Å². The quantitative estimate of drug-likeness (QED) is 0.721. The Morgan fingerprint density at radius 2 is 1.69 bits per heavy atom. The second-order valence-corrected chi connectivity index (χ2v) is 4.37. The molecule has 1 aromatic rings. The Morgan fingerprint density at radius 3 is 2.06 bits per heavy atom. The van der Waals surface area contributed by atoms with Gasteiger partial charge in [0.1, 0.15) is 5.41 Å². The molecule has 1 aromatic carbocycles. The Kier molecular flexibility index (Phi) is 2.22. The summed E-state index contributed by atoms with van der Waals surface area (Å²) in [7, 11) is 0. The van der Waals surface area contributed by atoms with Crippen molar-refractivity contribution in [2.24, 2.45) is 16.9 Å².